The van der Waals surface area contributed by atoms with Crippen molar-refractivity contribution in [2.75, 3.05) is 19.7 Å². The topological polar surface area (TPSA) is 110 Å². The molecule has 2 atom stereocenters. The molecule has 0 bridgehead atoms. The normalized spacial score (nSPS) is 21.7. The first kappa shape index (κ1) is 22.2. The van der Waals surface area contributed by atoms with Crippen LogP contribution in [0, 0.1) is 45.3 Å². The number of fused-ring (bicyclic) bond motifs is 1. The van der Waals surface area contributed by atoms with E-state index in [1.54, 1.807) is 0 Å². The molecule has 4 rings (SSSR count). The van der Waals surface area contributed by atoms with Crippen LogP contribution in [-0.2, 0) is 6.54 Å². The van der Waals surface area contributed by atoms with E-state index in [9.17, 15) is 15.8 Å². The number of hydrogen-bond donors (Lipinski definition) is 1. The van der Waals surface area contributed by atoms with E-state index in [1.807, 2.05) is 55.5 Å². The van der Waals surface area contributed by atoms with Crippen LogP contribution in [0.25, 0.3) is 0 Å². The third-order valence-corrected chi connectivity index (χ3v) is 6.54. The fraction of sp³-hybridized carbons (Fsp3) is 0.296. The molecular weight excluding hydrogens is 410 g/mol. The van der Waals surface area contributed by atoms with E-state index >= 15 is 0 Å². The highest BCUT2D eigenvalue weighted by molar-refractivity contribution is 5.59. The Bertz CT molecular complexity index is 1190. The molecule has 1 aliphatic carbocycles. The molecule has 0 spiro atoms. The molecule has 0 aromatic heterocycles. The Morgan fingerprint density at radius 3 is 2.36 bits per heavy atom. The van der Waals surface area contributed by atoms with Crippen molar-refractivity contribution in [2.45, 2.75) is 19.4 Å². The molecule has 0 amide bonds. The van der Waals surface area contributed by atoms with Crippen LogP contribution in [0.15, 0.2) is 77.5 Å². The molecule has 164 valence electrons. The van der Waals surface area contributed by atoms with E-state index in [0.717, 1.165) is 23.4 Å². The lowest BCUT2D eigenvalue weighted by molar-refractivity contribution is 0.201. The Hall–Kier alpha value is -4.05. The molecule has 2 aromatic carbocycles. The molecule has 0 saturated carbocycles. The molecular formula is C27H25N5O. The standard InChI is InChI=1S/C27H25N5O/c1-2-33-21-10-8-20(9-11-21)25-24-16-32(15-19-6-4-3-5-7-19)13-12-22(24)23(14-28)26(31)27(25,17-29)18-30/h3-12,24-25H,2,13,15-16,31H2,1H3/t24-,25+/m0/s1. The minimum absolute atomic E-state index is 0.0490. The smallest absolute Gasteiger partial charge is 0.191 e. The lowest BCUT2D eigenvalue weighted by atomic mass is 9.58. The number of ether oxygens (including phenoxy) is 1. The fourth-order valence-corrected chi connectivity index (χ4v) is 5.02. The van der Waals surface area contributed by atoms with Crippen molar-refractivity contribution >= 4 is 0 Å². The second-order valence-corrected chi connectivity index (χ2v) is 8.36. The Morgan fingerprint density at radius 2 is 1.76 bits per heavy atom. The van der Waals surface area contributed by atoms with Crippen molar-refractivity contribution in [1.82, 2.24) is 4.90 Å². The Kier molecular flexibility index (Phi) is 6.18. The first-order valence-electron chi connectivity index (χ1n) is 11.0. The van der Waals surface area contributed by atoms with Gasteiger partial charge < -0.3 is 10.5 Å². The number of nitrogens with zero attached hydrogens (tertiary/aromatic N) is 4. The second kappa shape index (κ2) is 9.21. The van der Waals surface area contributed by atoms with Crippen LogP contribution in [-0.4, -0.2) is 24.6 Å². The van der Waals surface area contributed by atoms with Gasteiger partial charge in [0.05, 0.1) is 30.0 Å². The van der Waals surface area contributed by atoms with E-state index in [-0.39, 0.29) is 17.2 Å². The van der Waals surface area contributed by atoms with Gasteiger partial charge in [0.15, 0.2) is 5.41 Å². The summed E-state index contributed by atoms with van der Waals surface area (Å²) < 4.78 is 5.57. The van der Waals surface area contributed by atoms with Crippen LogP contribution in [0.3, 0.4) is 0 Å². The molecule has 33 heavy (non-hydrogen) atoms. The Labute approximate surface area is 194 Å². The number of benzene rings is 2. The summed E-state index contributed by atoms with van der Waals surface area (Å²) in [4.78, 5) is 2.28. The van der Waals surface area contributed by atoms with E-state index in [4.69, 9.17) is 10.5 Å². The number of nitrogens with two attached hydrogens (primary N) is 1. The Balaban J connectivity index is 1.81. The summed E-state index contributed by atoms with van der Waals surface area (Å²) in [6, 6.07) is 24.3. The maximum atomic E-state index is 10.2. The third kappa shape index (κ3) is 3.85. The molecule has 2 aromatic rings. The van der Waals surface area contributed by atoms with Crippen LogP contribution >= 0.6 is 0 Å². The molecule has 1 aliphatic heterocycles. The summed E-state index contributed by atoms with van der Waals surface area (Å²) in [5.74, 6) is -0.00493. The van der Waals surface area contributed by atoms with E-state index < -0.39 is 11.3 Å². The van der Waals surface area contributed by atoms with Crippen molar-refractivity contribution in [1.29, 1.82) is 15.8 Å². The lowest BCUT2D eigenvalue weighted by Crippen LogP contribution is -2.47. The summed E-state index contributed by atoms with van der Waals surface area (Å²) in [5.41, 5.74) is 7.93. The molecule has 0 fully saturated rings. The average Bonchev–Trinajstić information content (AvgIpc) is 2.85. The molecule has 0 saturated heterocycles. The van der Waals surface area contributed by atoms with Crippen LogP contribution in [0.2, 0.25) is 0 Å². The summed E-state index contributed by atoms with van der Waals surface area (Å²) in [5, 5.41) is 30.4. The van der Waals surface area contributed by atoms with Gasteiger partial charge in [0, 0.05) is 31.5 Å². The predicted molar refractivity (Wildman–Crippen MR) is 124 cm³/mol. The van der Waals surface area contributed by atoms with Crippen LogP contribution in [0.1, 0.15) is 24.0 Å². The second-order valence-electron chi connectivity index (χ2n) is 8.36. The maximum Gasteiger partial charge on any atom is 0.191 e. The summed E-state index contributed by atoms with van der Waals surface area (Å²) >= 11 is 0. The molecule has 2 N–H and O–H groups in total. The molecule has 0 unspecified atom stereocenters. The SMILES string of the molecule is CCOc1ccc([C@@H]2[C@H]3CN(Cc4ccccc4)CC=C3C(C#N)=C(N)C2(C#N)C#N)cc1. The monoisotopic (exact) mass is 435 g/mol. The number of allylic oxidation sites excluding steroid dienone is 2. The lowest BCUT2D eigenvalue weighted by Gasteiger charge is -2.45. The number of rotatable bonds is 5. The molecule has 2 aliphatic rings. The molecule has 1 heterocycles. The van der Waals surface area contributed by atoms with Crippen molar-refractivity contribution in [3.63, 3.8) is 0 Å². The van der Waals surface area contributed by atoms with Crippen molar-refractivity contribution in [2.24, 2.45) is 17.1 Å². The average molecular weight is 436 g/mol. The van der Waals surface area contributed by atoms with Gasteiger partial charge in [0.2, 0.25) is 0 Å². The van der Waals surface area contributed by atoms with Gasteiger partial charge in [-0.1, -0.05) is 48.5 Å². The van der Waals surface area contributed by atoms with E-state index in [2.05, 4.69) is 35.2 Å². The zero-order valence-corrected chi connectivity index (χ0v) is 18.5. The van der Waals surface area contributed by atoms with Crippen LogP contribution in [0.4, 0.5) is 0 Å². The van der Waals surface area contributed by atoms with Gasteiger partial charge in [-0.05, 0) is 35.8 Å². The molecule has 6 heteroatoms. The summed E-state index contributed by atoms with van der Waals surface area (Å²) in [6.07, 6.45) is 2.03. The maximum absolute atomic E-state index is 10.2. The van der Waals surface area contributed by atoms with Gasteiger partial charge in [0.25, 0.3) is 0 Å². The highest BCUT2D eigenvalue weighted by Crippen LogP contribution is 2.54. The van der Waals surface area contributed by atoms with Gasteiger partial charge in [0.1, 0.15) is 11.8 Å². The first-order valence-corrected chi connectivity index (χ1v) is 11.0. The van der Waals surface area contributed by atoms with Gasteiger partial charge in [-0.25, -0.2) is 0 Å². The first-order chi connectivity index (χ1) is 16.1. The third-order valence-electron chi connectivity index (χ3n) is 6.54. The highest BCUT2D eigenvalue weighted by atomic mass is 16.5. The van der Waals surface area contributed by atoms with Gasteiger partial charge >= 0.3 is 0 Å². The van der Waals surface area contributed by atoms with Gasteiger partial charge in [-0.15, -0.1) is 0 Å². The zero-order valence-electron chi connectivity index (χ0n) is 18.5. The fourth-order valence-electron chi connectivity index (χ4n) is 5.02. The quantitative estimate of drug-likeness (QED) is 0.760. The summed E-state index contributed by atoms with van der Waals surface area (Å²) in [7, 11) is 0. The van der Waals surface area contributed by atoms with Gasteiger partial charge in [-0.2, -0.15) is 15.8 Å². The van der Waals surface area contributed by atoms with E-state index in [0.29, 0.717) is 19.7 Å². The van der Waals surface area contributed by atoms with Gasteiger partial charge in [-0.3, -0.25) is 4.90 Å². The van der Waals surface area contributed by atoms with E-state index in [1.165, 1.54) is 5.56 Å². The van der Waals surface area contributed by atoms with Crippen molar-refractivity contribution in [3.8, 4) is 24.0 Å². The van der Waals surface area contributed by atoms with Crippen LogP contribution < -0.4 is 10.5 Å². The largest absolute Gasteiger partial charge is 0.494 e. The number of hydrogen-bond acceptors (Lipinski definition) is 6. The minimum Gasteiger partial charge on any atom is -0.494 e. The predicted octanol–water partition coefficient (Wildman–Crippen LogP) is 4.01. The molecule has 0 radical (unpaired) electrons. The molecule has 6 nitrogen and oxygen atoms in total. The van der Waals surface area contributed by atoms with Crippen molar-refractivity contribution in [3.05, 3.63) is 88.6 Å². The van der Waals surface area contributed by atoms with Crippen molar-refractivity contribution < 1.29 is 4.74 Å². The van der Waals surface area contributed by atoms with Crippen LogP contribution in [0.5, 0.6) is 5.75 Å². The minimum atomic E-state index is -1.63. The zero-order chi connectivity index (χ0) is 23.4. The summed E-state index contributed by atoms with van der Waals surface area (Å²) in [6.45, 7) is 4.49. The highest BCUT2D eigenvalue weighted by Gasteiger charge is 2.54. The number of nitriles is 3. The Morgan fingerprint density at radius 1 is 1.06 bits per heavy atom.